The van der Waals surface area contributed by atoms with Crippen LogP contribution >= 0.6 is 0 Å². The molecule has 172 valence electrons. The molecule has 0 aliphatic carbocycles. The van der Waals surface area contributed by atoms with Gasteiger partial charge in [-0.05, 0) is 61.7 Å². The summed E-state index contributed by atoms with van der Waals surface area (Å²) in [5, 5.41) is 9.73. The predicted octanol–water partition coefficient (Wildman–Crippen LogP) is 6.57. The van der Waals surface area contributed by atoms with Gasteiger partial charge in [-0.25, -0.2) is 9.97 Å². The van der Waals surface area contributed by atoms with E-state index >= 15 is 0 Å². The second-order valence-corrected chi connectivity index (χ2v) is 9.00. The van der Waals surface area contributed by atoms with Gasteiger partial charge in [-0.15, -0.1) is 0 Å². The van der Waals surface area contributed by atoms with E-state index in [2.05, 4.69) is 67.8 Å². The van der Waals surface area contributed by atoms with Crippen molar-refractivity contribution < 1.29 is 0 Å². The third-order valence-electron chi connectivity index (χ3n) is 6.36. The maximum atomic E-state index is 9.73. The Labute approximate surface area is 205 Å². The lowest BCUT2D eigenvalue weighted by Gasteiger charge is -2.11. The number of fused-ring (bicyclic) bond motifs is 1. The van der Waals surface area contributed by atoms with Crippen LogP contribution in [-0.2, 0) is 13.0 Å². The highest BCUT2D eigenvalue weighted by atomic mass is 15.1. The molecular weight excluding hydrogens is 430 g/mol. The molecule has 0 saturated heterocycles. The van der Waals surface area contributed by atoms with Gasteiger partial charge in [-0.3, -0.25) is 4.98 Å². The predicted molar refractivity (Wildman–Crippen MR) is 140 cm³/mol. The lowest BCUT2D eigenvalue weighted by Crippen LogP contribution is -2.07. The Bertz CT molecular complexity index is 1590. The second-order valence-electron chi connectivity index (χ2n) is 9.00. The molecule has 0 bridgehead atoms. The van der Waals surface area contributed by atoms with Crippen molar-refractivity contribution in [2.75, 3.05) is 0 Å². The zero-order valence-electron chi connectivity index (χ0n) is 20.5. The van der Waals surface area contributed by atoms with Gasteiger partial charge in [0.25, 0.3) is 0 Å². The molecule has 0 unspecified atom stereocenters. The van der Waals surface area contributed by atoms with Gasteiger partial charge in [-0.1, -0.05) is 48.9 Å². The first kappa shape index (κ1) is 22.5. The molecule has 5 aromatic rings. The van der Waals surface area contributed by atoms with Gasteiger partial charge in [0.2, 0.25) is 0 Å². The van der Waals surface area contributed by atoms with Gasteiger partial charge in [0.15, 0.2) is 5.65 Å². The van der Waals surface area contributed by atoms with E-state index in [1.165, 1.54) is 5.56 Å². The van der Waals surface area contributed by atoms with Crippen molar-refractivity contribution in [1.82, 2.24) is 19.5 Å². The Kier molecular flexibility index (Phi) is 5.88. The van der Waals surface area contributed by atoms with E-state index in [9.17, 15) is 5.26 Å². The molecular formula is C30H27N5. The first-order valence-electron chi connectivity index (χ1n) is 11.9. The molecule has 5 nitrogen and oxygen atoms in total. The molecule has 0 N–H and O–H groups in total. The minimum atomic E-state index is 0.601. The van der Waals surface area contributed by atoms with Crippen LogP contribution in [0.1, 0.15) is 40.8 Å². The molecule has 5 rings (SSSR count). The van der Waals surface area contributed by atoms with E-state index in [1.54, 1.807) is 0 Å². The lowest BCUT2D eigenvalue weighted by molar-refractivity contribution is 0.729. The summed E-state index contributed by atoms with van der Waals surface area (Å²) in [5.41, 5.74) is 10.8. The molecule has 0 aliphatic rings. The molecule has 35 heavy (non-hydrogen) atoms. The Morgan fingerprint density at radius 1 is 0.886 bits per heavy atom. The van der Waals surface area contributed by atoms with Gasteiger partial charge in [0.1, 0.15) is 11.3 Å². The fourth-order valence-corrected chi connectivity index (χ4v) is 4.61. The Hall–Kier alpha value is -4.30. The fraction of sp³-hybridized carbons (Fsp3) is 0.200. The number of hydrogen-bond donors (Lipinski definition) is 0. The normalized spacial score (nSPS) is 11.1. The monoisotopic (exact) mass is 457 g/mol. The summed E-state index contributed by atoms with van der Waals surface area (Å²) in [6.07, 6.45) is 2.68. The van der Waals surface area contributed by atoms with Crippen molar-refractivity contribution in [3.63, 3.8) is 0 Å². The number of aromatic nitrogens is 4. The van der Waals surface area contributed by atoms with Crippen LogP contribution in [0.5, 0.6) is 0 Å². The molecule has 0 aliphatic heterocycles. The van der Waals surface area contributed by atoms with Crippen molar-refractivity contribution in [3.8, 4) is 28.3 Å². The minimum Gasteiger partial charge on any atom is -0.307 e. The van der Waals surface area contributed by atoms with Crippen LogP contribution in [0.25, 0.3) is 33.4 Å². The first-order chi connectivity index (χ1) is 17.0. The zero-order valence-corrected chi connectivity index (χ0v) is 20.5. The van der Waals surface area contributed by atoms with Crippen molar-refractivity contribution in [1.29, 1.82) is 5.26 Å². The first-order valence-corrected chi connectivity index (χ1v) is 11.9. The molecule has 0 spiro atoms. The molecule has 0 radical (unpaired) electrons. The maximum absolute atomic E-state index is 9.73. The zero-order chi connectivity index (χ0) is 24.5. The molecule has 3 heterocycles. The molecule has 0 atom stereocenters. The van der Waals surface area contributed by atoms with Gasteiger partial charge < -0.3 is 4.57 Å². The highest BCUT2D eigenvalue weighted by Gasteiger charge is 2.15. The smallest absolute Gasteiger partial charge is 0.160 e. The minimum absolute atomic E-state index is 0.601. The average molecular weight is 458 g/mol. The summed E-state index contributed by atoms with van der Waals surface area (Å²) in [4.78, 5) is 14.4. The van der Waals surface area contributed by atoms with Gasteiger partial charge >= 0.3 is 0 Å². The Balaban J connectivity index is 1.51. The summed E-state index contributed by atoms with van der Waals surface area (Å²) in [6, 6.07) is 22.9. The molecule has 2 aromatic carbocycles. The van der Waals surface area contributed by atoms with Crippen LogP contribution in [0.4, 0.5) is 0 Å². The van der Waals surface area contributed by atoms with Gasteiger partial charge in [0.05, 0.1) is 23.9 Å². The number of rotatable bonds is 5. The van der Waals surface area contributed by atoms with Crippen LogP contribution in [-0.4, -0.2) is 19.5 Å². The third kappa shape index (κ3) is 4.31. The number of nitrogens with zero attached hydrogens (tertiary/aromatic N) is 5. The Morgan fingerprint density at radius 2 is 1.69 bits per heavy atom. The van der Waals surface area contributed by atoms with Crippen molar-refractivity contribution in [3.05, 3.63) is 101 Å². The van der Waals surface area contributed by atoms with E-state index in [0.717, 1.165) is 62.6 Å². The van der Waals surface area contributed by atoms with Crippen molar-refractivity contribution in [2.24, 2.45) is 0 Å². The SMILES string of the molecule is CCc1nc2c(C)cc(C)nc2n1Cc1ccc(-c2cc(-c3cccc(C)c3)ccc2C#N)cn1. The van der Waals surface area contributed by atoms with E-state index in [1.807, 2.05) is 37.4 Å². The van der Waals surface area contributed by atoms with Crippen LogP contribution in [0.15, 0.2) is 66.9 Å². The highest BCUT2D eigenvalue weighted by molar-refractivity contribution is 5.78. The van der Waals surface area contributed by atoms with Crippen molar-refractivity contribution >= 4 is 11.2 Å². The molecule has 0 saturated carbocycles. The molecule has 0 fully saturated rings. The number of imidazole rings is 1. The van der Waals surface area contributed by atoms with E-state index < -0.39 is 0 Å². The van der Waals surface area contributed by atoms with E-state index in [0.29, 0.717) is 12.1 Å². The lowest BCUT2D eigenvalue weighted by atomic mass is 9.95. The summed E-state index contributed by atoms with van der Waals surface area (Å²) in [5.74, 6) is 1.00. The summed E-state index contributed by atoms with van der Waals surface area (Å²) < 4.78 is 2.16. The average Bonchev–Trinajstić information content (AvgIpc) is 3.21. The van der Waals surface area contributed by atoms with E-state index in [-0.39, 0.29) is 0 Å². The van der Waals surface area contributed by atoms with Crippen LogP contribution in [0.3, 0.4) is 0 Å². The topological polar surface area (TPSA) is 67.4 Å². The second kappa shape index (κ2) is 9.15. The van der Waals surface area contributed by atoms with E-state index in [4.69, 9.17) is 15.0 Å². The number of pyridine rings is 2. The number of aryl methyl sites for hydroxylation is 4. The van der Waals surface area contributed by atoms with Crippen LogP contribution in [0.2, 0.25) is 0 Å². The van der Waals surface area contributed by atoms with Crippen LogP contribution < -0.4 is 0 Å². The van der Waals surface area contributed by atoms with Crippen molar-refractivity contribution in [2.45, 2.75) is 40.7 Å². The summed E-state index contributed by atoms with van der Waals surface area (Å²) in [7, 11) is 0. The highest BCUT2D eigenvalue weighted by Crippen LogP contribution is 2.30. The Morgan fingerprint density at radius 3 is 2.40 bits per heavy atom. The third-order valence-corrected chi connectivity index (χ3v) is 6.36. The summed E-state index contributed by atoms with van der Waals surface area (Å²) in [6.45, 7) is 8.90. The molecule has 3 aromatic heterocycles. The van der Waals surface area contributed by atoms with Crippen LogP contribution in [0, 0.1) is 32.1 Å². The quantitative estimate of drug-likeness (QED) is 0.299. The number of hydrogen-bond acceptors (Lipinski definition) is 4. The number of benzene rings is 2. The largest absolute Gasteiger partial charge is 0.307 e. The fourth-order valence-electron chi connectivity index (χ4n) is 4.61. The molecule has 0 amide bonds. The number of nitriles is 1. The standard InChI is InChI=1S/C30H27N5/c1-5-28-34-29-20(3)14-21(4)33-30(29)35(28)18-26-12-11-25(17-32-26)27-15-23(9-10-24(27)16-31)22-8-6-7-19(2)13-22/h6-15,17H,5,18H2,1-4H3. The van der Waals surface area contributed by atoms with Gasteiger partial charge in [0, 0.05) is 29.4 Å². The molecule has 5 heteroatoms. The maximum Gasteiger partial charge on any atom is 0.160 e. The summed E-state index contributed by atoms with van der Waals surface area (Å²) >= 11 is 0. The van der Waals surface area contributed by atoms with Gasteiger partial charge in [-0.2, -0.15) is 5.26 Å².